The first-order valence-electron chi connectivity index (χ1n) is 3.71. The lowest BCUT2D eigenvalue weighted by molar-refractivity contribution is 0.142. The smallest absolute Gasteiger partial charge is 0.0631 e. The van der Waals surface area contributed by atoms with E-state index in [4.69, 9.17) is 10.6 Å². The van der Waals surface area contributed by atoms with Gasteiger partial charge in [0.25, 0.3) is 0 Å². The van der Waals surface area contributed by atoms with E-state index in [2.05, 4.69) is 19.3 Å². The van der Waals surface area contributed by atoms with Gasteiger partial charge in [-0.3, -0.25) is 11.3 Å². The molecule has 0 amide bonds. The molecule has 0 aliphatic heterocycles. The minimum absolute atomic E-state index is 0.287. The Kier molecular flexibility index (Phi) is 5.58. The van der Waals surface area contributed by atoms with Gasteiger partial charge in [0.15, 0.2) is 0 Å². The van der Waals surface area contributed by atoms with Gasteiger partial charge in [-0.25, -0.2) is 0 Å². The van der Waals surface area contributed by atoms with Crippen LogP contribution in [-0.2, 0) is 4.74 Å². The fourth-order valence-corrected chi connectivity index (χ4v) is 0.841. The number of ether oxygens (including phenoxy) is 1. The molecule has 0 aliphatic rings. The zero-order valence-corrected chi connectivity index (χ0v) is 7.05. The summed E-state index contributed by atoms with van der Waals surface area (Å²) in [6.45, 7) is 4.99. The molecule has 3 heteroatoms. The highest BCUT2D eigenvalue weighted by Gasteiger charge is 2.12. The van der Waals surface area contributed by atoms with E-state index >= 15 is 0 Å². The monoisotopic (exact) mass is 146 g/mol. The van der Waals surface area contributed by atoms with E-state index < -0.39 is 0 Å². The standard InChI is InChI=1S/C7H18N2O/c1-4-6(2)7(9-8)5-10-3/h6-7,9H,4-5,8H2,1-3H3. The van der Waals surface area contributed by atoms with E-state index in [1.54, 1.807) is 7.11 Å². The Hall–Kier alpha value is -0.120. The number of methoxy groups -OCH3 is 1. The fraction of sp³-hybridized carbons (Fsp3) is 1.00. The first-order chi connectivity index (χ1) is 4.76. The van der Waals surface area contributed by atoms with Gasteiger partial charge in [0.2, 0.25) is 0 Å². The highest BCUT2D eigenvalue weighted by atomic mass is 16.5. The third-order valence-electron chi connectivity index (χ3n) is 1.89. The van der Waals surface area contributed by atoms with Crippen LogP contribution in [0, 0.1) is 5.92 Å². The third kappa shape index (κ3) is 3.15. The van der Waals surface area contributed by atoms with Crippen molar-refractivity contribution in [3.63, 3.8) is 0 Å². The van der Waals surface area contributed by atoms with Crippen LogP contribution in [0.25, 0.3) is 0 Å². The van der Waals surface area contributed by atoms with Crippen molar-refractivity contribution in [2.24, 2.45) is 11.8 Å². The Morgan fingerprint density at radius 3 is 2.50 bits per heavy atom. The molecule has 0 aromatic rings. The maximum atomic E-state index is 5.31. The molecule has 2 unspecified atom stereocenters. The average Bonchev–Trinajstić information content (AvgIpc) is 1.99. The molecular formula is C7H18N2O. The number of nitrogens with one attached hydrogen (secondary N) is 1. The molecule has 0 radical (unpaired) electrons. The Balaban J connectivity index is 3.56. The molecule has 0 heterocycles. The van der Waals surface area contributed by atoms with Crippen LogP contribution in [-0.4, -0.2) is 19.8 Å². The van der Waals surface area contributed by atoms with Crippen LogP contribution in [0.1, 0.15) is 20.3 Å². The van der Waals surface area contributed by atoms with E-state index in [0.717, 1.165) is 6.42 Å². The van der Waals surface area contributed by atoms with Crippen LogP contribution in [0.5, 0.6) is 0 Å². The lowest BCUT2D eigenvalue weighted by Crippen LogP contribution is -2.42. The maximum Gasteiger partial charge on any atom is 0.0631 e. The molecule has 3 N–H and O–H groups in total. The number of hydrazine groups is 1. The van der Waals surface area contributed by atoms with Crippen molar-refractivity contribution in [1.82, 2.24) is 5.43 Å². The van der Waals surface area contributed by atoms with Gasteiger partial charge in [0.1, 0.15) is 0 Å². The minimum atomic E-state index is 0.287. The number of hydrogen-bond acceptors (Lipinski definition) is 3. The van der Waals surface area contributed by atoms with Crippen molar-refractivity contribution in [1.29, 1.82) is 0 Å². The zero-order valence-electron chi connectivity index (χ0n) is 7.05. The van der Waals surface area contributed by atoms with Crippen LogP contribution in [0.4, 0.5) is 0 Å². The van der Waals surface area contributed by atoms with E-state index in [9.17, 15) is 0 Å². The van der Waals surface area contributed by atoms with Crippen molar-refractivity contribution < 1.29 is 4.74 Å². The fourth-order valence-electron chi connectivity index (χ4n) is 0.841. The summed E-state index contributed by atoms with van der Waals surface area (Å²) in [5.74, 6) is 5.88. The summed E-state index contributed by atoms with van der Waals surface area (Å²) in [6.07, 6.45) is 1.12. The molecule has 0 saturated heterocycles. The molecule has 2 atom stereocenters. The lowest BCUT2D eigenvalue weighted by Gasteiger charge is -2.20. The van der Waals surface area contributed by atoms with Crippen molar-refractivity contribution in [2.45, 2.75) is 26.3 Å². The summed E-state index contributed by atoms with van der Waals surface area (Å²) in [5.41, 5.74) is 2.73. The largest absolute Gasteiger partial charge is 0.383 e. The molecule has 0 rings (SSSR count). The second-order valence-corrected chi connectivity index (χ2v) is 2.61. The molecule has 0 aromatic heterocycles. The predicted molar refractivity (Wildman–Crippen MR) is 42.4 cm³/mol. The van der Waals surface area contributed by atoms with Crippen LogP contribution in [0.2, 0.25) is 0 Å². The summed E-state index contributed by atoms with van der Waals surface area (Å²) in [5, 5.41) is 0. The van der Waals surface area contributed by atoms with Crippen LogP contribution in [0.3, 0.4) is 0 Å². The summed E-state index contributed by atoms with van der Waals surface area (Å²) in [6, 6.07) is 0.287. The lowest BCUT2D eigenvalue weighted by atomic mass is 10.0. The van der Waals surface area contributed by atoms with Crippen molar-refractivity contribution in [2.75, 3.05) is 13.7 Å². The molecule has 62 valence electrons. The van der Waals surface area contributed by atoms with E-state index in [-0.39, 0.29) is 6.04 Å². The maximum absolute atomic E-state index is 5.31. The van der Waals surface area contributed by atoms with Gasteiger partial charge in [-0.05, 0) is 5.92 Å². The second kappa shape index (κ2) is 5.65. The number of nitrogens with two attached hydrogens (primary N) is 1. The molecule has 0 aliphatic carbocycles. The quantitative estimate of drug-likeness (QED) is 0.439. The van der Waals surface area contributed by atoms with Gasteiger partial charge in [-0.15, -0.1) is 0 Å². The van der Waals surface area contributed by atoms with E-state index in [0.29, 0.717) is 12.5 Å². The Morgan fingerprint density at radius 2 is 2.20 bits per heavy atom. The van der Waals surface area contributed by atoms with Gasteiger partial charge in [0.05, 0.1) is 6.61 Å². The Bertz CT molecular complexity index is 78.0. The van der Waals surface area contributed by atoms with Crippen molar-refractivity contribution >= 4 is 0 Å². The molecular weight excluding hydrogens is 128 g/mol. The minimum Gasteiger partial charge on any atom is -0.383 e. The molecule has 0 saturated carbocycles. The predicted octanol–water partition coefficient (Wildman–Crippen LogP) is 0.511. The topological polar surface area (TPSA) is 47.3 Å². The van der Waals surface area contributed by atoms with Crippen LogP contribution in [0.15, 0.2) is 0 Å². The molecule has 0 spiro atoms. The molecule has 0 fully saturated rings. The zero-order chi connectivity index (χ0) is 7.98. The normalized spacial score (nSPS) is 16.8. The highest BCUT2D eigenvalue weighted by Crippen LogP contribution is 2.06. The Labute approximate surface area is 62.9 Å². The highest BCUT2D eigenvalue weighted by molar-refractivity contribution is 4.68. The Morgan fingerprint density at radius 1 is 1.60 bits per heavy atom. The summed E-state index contributed by atoms with van der Waals surface area (Å²) >= 11 is 0. The van der Waals surface area contributed by atoms with Gasteiger partial charge in [-0.2, -0.15) is 0 Å². The number of rotatable bonds is 5. The van der Waals surface area contributed by atoms with E-state index in [1.807, 2.05) is 0 Å². The van der Waals surface area contributed by atoms with Gasteiger partial charge < -0.3 is 4.74 Å². The molecule has 10 heavy (non-hydrogen) atoms. The van der Waals surface area contributed by atoms with Gasteiger partial charge in [0, 0.05) is 13.2 Å². The second-order valence-electron chi connectivity index (χ2n) is 2.61. The summed E-state index contributed by atoms with van der Waals surface area (Å²) < 4.78 is 4.98. The molecule has 3 nitrogen and oxygen atoms in total. The SMILES string of the molecule is CCC(C)C(COC)NN. The summed E-state index contributed by atoms with van der Waals surface area (Å²) in [4.78, 5) is 0. The van der Waals surface area contributed by atoms with Crippen molar-refractivity contribution in [3.05, 3.63) is 0 Å². The van der Waals surface area contributed by atoms with Gasteiger partial charge in [-0.1, -0.05) is 20.3 Å². The van der Waals surface area contributed by atoms with Crippen molar-refractivity contribution in [3.8, 4) is 0 Å². The number of hydrogen-bond donors (Lipinski definition) is 2. The molecule has 0 aromatic carbocycles. The average molecular weight is 146 g/mol. The van der Waals surface area contributed by atoms with Gasteiger partial charge >= 0.3 is 0 Å². The van der Waals surface area contributed by atoms with Crippen LogP contribution >= 0.6 is 0 Å². The summed E-state index contributed by atoms with van der Waals surface area (Å²) in [7, 11) is 1.69. The van der Waals surface area contributed by atoms with E-state index in [1.165, 1.54) is 0 Å². The molecule has 0 bridgehead atoms. The first kappa shape index (κ1) is 9.88. The third-order valence-corrected chi connectivity index (χ3v) is 1.89. The van der Waals surface area contributed by atoms with Crippen LogP contribution < -0.4 is 11.3 Å². The first-order valence-corrected chi connectivity index (χ1v) is 3.71.